The van der Waals surface area contributed by atoms with Crippen molar-refractivity contribution < 1.29 is 4.79 Å². The first-order chi connectivity index (χ1) is 10.1. The van der Waals surface area contributed by atoms with E-state index < -0.39 is 0 Å². The highest BCUT2D eigenvalue weighted by atomic mass is 32.1. The number of nitrogens with zero attached hydrogens (tertiary/aromatic N) is 1. The number of benzene rings is 2. The van der Waals surface area contributed by atoms with Gasteiger partial charge in [-0.15, -0.1) is 11.3 Å². The Labute approximate surface area is 127 Å². The smallest absolute Gasteiger partial charge is 0.226 e. The third-order valence-corrected chi connectivity index (χ3v) is 4.30. The van der Waals surface area contributed by atoms with Gasteiger partial charge in [0.25, 0.3) is 0 Å². The van der Waals surface area contributed by atoms with Crippen molar-refractivity contribution in [3.63, 3.8) is 0 Å². The normalized spacial score (nSPS) is 11.0. The number of amides is 1. The standard InChI is InChI=1S/C17H16N2OS/c1-11(2)16(20)18-13-8-4-3-7-12(13)17-19-14-9-5-6-10-15(14)21-17/h3-11H,1-2H3,(H,18,20). The van der Waals surface area contributed by atoms with Gasteiger partial charge >= 0.3 is 0 Å². The summed E-state index contributed by atoms with van der Waals surface area (Å²) in [4.78, 5) is 16.6. The van der Waals surface area contributed by atoms with Gasteiger partial charge in [-0.25, -0.2) is 4.98 Å². The molecule has 2 aromatic carbocycles. The molecular weight excluding hydrogens is 280 g/mol. The van der Waals surface area contributed by atoms with E-state index in [-0.39, 0.29) is 11.8 Å². The van der Waals surface area contributed by atoms with E-state index in [2.05, 4.69) is 16.4 Å². The third-order valence-electron chi connectivity index (χ3n) is 3.23. The number of nitrogens with one attached hydrogen (secondary N) is 1. The summed E-state index contributed by atoms with van der Waals surface area (Å²) in [6.45, 7) is 3.77. The van der Waals surface area contributed by atoms with Gasteiger partial charge in [0.2, 0.25) is 5.91 Å². The number of fused-ring (bicyclic) bond motifs is 1. The van der Waals surface area contributed by atoms with Crippen molar-refractivity contribution in [1.82, 2.24) is 4.98 Å². The van der Waals surface area contributed by atoms with Crippen LogP contribution < -0.4 is 5.32 Å². The molecule has 0 aliphatic carbocycles. The molecule has 1 aromatic heterocycles. The van der Waals surface area contributed by atoms with Crippen molar-refractivity contribution in [2.24, 2.45) is 5.92 Å². The Balaban J connectivity index is 2.03. The zero-order valence-corrected chi connectivity index (χ0v) is 12.8. The number of carbonyl (C=O) groups is 1. The Morgan fingerprint density at radius 2 is 1.81 bits per heavy atom. The van der Waals surface area contributed by atoms with E-state index >= 15 is 0 Å². The number of hydrogen-bond donors (Lipinski definition) is 1. The molecule has 0 bridgehead atoms. The predicted octanol–water partition coefficient (Wildman–Crippen LogP) is 4.56. The van der Waals surface area contributed by atoms with Gasteiger partial charge in [0.15, 0.2) is 0 Å². The second-order valence-corrected chi connectivity index (χ2v) is 6.21. The number of anilines is 1. The summed E-state index contributed by atoms with van der Waals surface area (Å²) < 4.78 is 1.15. The molecule has 3 rings (SSSR count). The van der Waals surface area contributed by atoms with E-state index in [1.54, 1.807) is 11.3 Å². The number of rotatable bonds is 3. The molecule has 0 fully saturated rings. The third kappa shape index (κ3) is 2.81. The predicted molar refractivity (Wildman–Crippen MR) is 88.5 cm³/mol. The van der Waals surface area contributed by atoms with Crippen LogP contribution in [-0.4, -0.2) is 10.9 Å². The highest BCUT2D eigenvalue weighted by Crippen LogP contribution is 2.34. The number of carbonyl (C=O) groups excluding carboxylic acids is 1. The molecule has 4 heteroatoms. The van der Waals surface area contributed by atoms with Gasteiger partial charge < -0.3 is 5.32 Å². The first-order valence-corrected chi connectivity index (χ1v) is 7.72. The lowest BCUT2D eigenvalue weighted by Crippen LogP contribution is -2.18. The van der Waals surface area contributed by atoms with Gasteiger partial charge in [0, 0.05) is 11.5 Å². The van der Waals surface area contributed by atoms with Crippen LogP contribution in [0, 0.1) is 5.92 Å². The molecule has 1 N–H and O–H groups in total. The van der Waals surface area contributed by atoms with Gasteiger partial charge in [-0.3, -0.25) is 4.79 Å². The largest absolute Gasteiger partial charge is 0.325 e. The van der Waals surface area contributed by atoms with Gasteiger partial charge in [-0.05, 0) is 24.3 Å². The van der Waals surface area contributed by atoms with Crippen LogP contribution in [0.25, 0.3) is 20.8 Å². The molecule has 0 spiro atoms. The minimum absolute atomic E-state index is 0.0172. The SMILES string of the molecule is CC(C)C(=O)Nc1ccccc1-c1nc2ccccc2s1. The molecule has 0 atom stereocenters. The van der Waals surface area contributed by atoms with Crippen molar-refractivity contribution in [2.75, 3.05) is 5.32 Å². The Morgan fingerprint density at radius 3 is 2.57 bits per heavy atom. The molecule has 0 saturated heterocycles. The summed E-state index contributed by atoms with van der Waals surface area (Å²) in [5.74, 6) is -0.0306. The van der Waals surface area contributed by atoms with Crippen LogP contribution in [0.4, 0.5) is 5.69 Å². The number of thiazole rings is 1. The molecule has 0 saturated carbocycles. The van der Waals surface area contributed by atoms with Crippen LogP contribution in [0.2, 0.25) is 0 Å². The Kier molecular flexibility index (Phi) is 3.71. The zero-order valence-electron chi connectivity index (χ0n) is 12.0. The fourth-order valence-corrected chi connectivity index (χ4v) is 3.05. The highest BCUT2D eigenvalue weighted by molar-refractivity contribution is 7.21. The number of hydrogen-bond acceptors (Lipinski definition) is 3. The van der Waals surface area contributed by atoms with Gasteiger partial charge in [-0.2, -0.15) is 0 Å². The molecule has 0 unspecified atom stereocenters. The summed E-state index contributed by atoms with van der Waals surface area (Å²) in [5.41, 5.74) is 2.77. The number of para-hydroxylation sites is 2. The van der Waals surface area contributed by atoms with Crippen LogP contribution in [0.1, 0.15) is 13.8 Å². The zero-order chi connectivity index (χ0) is 14.8. The first-order valence-electron chi connectivity index (χ1n) is 6.91. The van der Waals surface area contributed by atoms with Gasteiger partial charge in [-0.1, -0.05) is 38.1 Å². The average molecular weight is 296 g/mol. The maximum Gasteiger partial charge on any atom is 0.226 e. The maximum atomic E-state index is 11.9. The van der Waals surface area contributed by atoms with Crippen LogP contribution >= 0.6 is 11.3 Å². The fourth-order valence-electron chi connectivity index (χ4n) is 2.04. The lowest BCUT2D eigenvalue weighted by atomic mass is 10.1. The molecular formula is C17H16N2OS. The van der Waals surface area contributed by atoms with Crippen molar-refractivity contribution in [2.45, 2.75) is 13.8 Å². The van der Waals surface area contributed by atoms with Crippen LogP contribution in [0.15, 0.2) is 48.5 Å². The Bertz CT molecular complexity index is 759. The molecule has 3 nitrogen and oxygen atoms in total. The minimum Gasteiger partial charge on any atom is -0.325 e. The van der Waals surface area contributed by atoms with Gasteiger partial charge in [0.05, 0.1) is 15.9 Å². The van der Waals surface area contributed by atoms with E-state index in [1.165, 1.54) is 0 Å². The second-order valence-electron chi connectivity index (χ2n) is 5.18. The number of aromatic nitrogens is 1. The molecule has 0 radical (unpaired) electrons. The van der Waals surface area contributed by atoms with Crippen molar-refractivity contribution in [3.05, 3.63) is 48.5 Å². The van der Waals surface area contributed by atoms with Gasteiger partial charge in [0.1, 0.15) is 5.01 Å². The lowest BCUT2D eigenvalue weighted by Gasteiger charge is -2.10. The summed E-state index contributed by atoms with van der Waals surface area (Å²) in [7, 11) is 0. The van der Waals surface area contributed by atoms with E-state index in [0.29, 0.717) is 0 Å². The molecule has 0 aliphatic rings. The summed E-state index contributed by atoms with van der Waals surface area (Å²) >= 11 is 1.64. The fraction of sp³-hybridized carbons (Fsp3) is 0.176. The topological polar surface area (TPSA) is 42.0 Å². The average Bonchev–Trinajstić information content (AvgIpc) is 2.91. The minimum atomic E-state index is -0.0478. The maximum absolute atomic E-state index is 11.9. The monoisotopic (exact) mass is 296 g/mol. The molecule has 21 heavy (non-hydrogen) atoms. The van der Waals surface area contributed by atoms with E-state index in [1.807, 2.05) is 56.3 Å². The molecule has 106 valence electrons. The summed E-state index contributed by atoms with van der Waals surface area (Å²) in [6, 6.07) is 15.9. The second kappa shape index (κ2) is 5.66. The Morgan fingerprint density at radius 1 is 1.10 bits per heavy atom. The van der Waals surface area contributed by atoms with Crippen molar-refractivity contribution in [1.29, 1.82) is 0 Å². The van der Waals surface area contributed by atoms with Crippen molar-refractivity contribution in [3.8, 4) is 10.6 Å². The molecule has 1 amide bonds. The summed E-state index contributed by atoms with van der Waals surface area (Å²) in [6.07, 6.45) is 0. The lowest BCUT2D eigenvalue weighted by molar-refractivity contribution is -0.118. The van der Waals surface area contributed by atoms with Crippen LogP contribution in [0.5, 0.6) is 0 Å². The summed E-state index contributed by atoms with van der Waals surface area (Å²) in [5, 5.41) is 3.91. The quantitative estimate of drug-likeness (QED) is 0.770. The van der Waals surface area contributed by atoms with Crippen molar-refractivity contribution >= 4 is 33.1 Å². The van der Waals surface area contributed by atoms with E-state index in [9.17, 15) is 4.79 Å². The van der Waals surface area contributed by atoms with Crippen LogP contribution in [0.3, 0.4) is 0 Å². The highest BCUT2D eigenvalue weighted by Gasteiger charge is 2.13. The first kappa shape index (κ1) is 13.8. The van der Waals surface area contributed by atoms with Crippen LogP contribution in [-0.2, 0) is 4.79 Å². The molecule has 3 aromatic rings. The molecule has 0 aliphatic heterocycles. The van der Waals surface area contributed by atoms with E-state index in [4.69, 9.17) is 0 Å². The van der Waals surface area contributed by atoms with E-state index in [0.717, 1.165) is 26.5 Å². The molecule has 1 heterocycles. The Hall–Kier alpha value is -2.20.